The summed E-state index contributed by atoms with van der Waals surface area (Å²) in [5.74, 6) is 0. The van der Waals surface area contributed by atoms with E-state index in [1.165, 1.54) is 32.8 Å². The molecule has 1 saturated heterocycles. The van der Waals surface area contributed by atoms with Gasteiger partial charge in [-0.2, -0.15) is 0 Å². The Morgan fingerprint density at radius 3 is 1.68 bits per heavy atom. The second kappa shape index (κ2) is 20.7. The normalized spacial score (nSPS) is 12.0. The highest BCUT2D eigenvalue weighted by atomic mass is 79.9. The average Bonchev–Trinajstić information content (AvgIpc) is 3.66. The number of hydrogen-bond acceptors (Lipinski definition) is 8. The predicted octanol–water partition coefficient (Wildman–Crippen LogP) is 7.94. The minimum Gasteiger partial charge on any atom is -0.391 e. The quantitative estimate of drug-likeness (QED) is 0.250. The van der Waals surface area contributed by atoms with Crippen LogP contribution in [0.25, 0.3) is 0 Å². The van der Waals surface area contributed by atoms with Gasteiger partial charge in [-0.1, -0.05) is 0 Å². The number of carbonyl (C=O) groups is 1. The molecule has 190 valence electrons. The van der Waals surface area contributed by atoms with Gasteiger partial charge in [0.25, 0.3) is 0 Å². The van der Waals surface area contributed by atoms with Gasteiger partial charge in [-0.25, -0.2) is 0 Å². The van der Waals surface area contributed by atoms with E-state index in [1.807, 2.05) is 44.2 Å². The van der Waals surface area contributed by atoms with Crippen molar-refractivity contribution < 1.29 is 24.1 Å². The minimum atomic E-state index is 0.149. The maximum atomic E-state index is 10.3. The molecule has 0 unspecified atom stereocenters. The third kappa shape index (κ3) is 15.5. The first-order chi connectivity index (χ1) is 16.5. The topological polar surface area (TPSA) is 65.0 Å². The van der Waals surface area contributed by atoms with E-state index < -0.39 is 0 Å². The molecule has 5 nitrogen and oxygen atoms in total. The summed E-state index contributed by atoms with van der Waals surface area (Å²) in [4.78, 5) is 14.4. The van der Waals surface area contributed by atoms with Crippen LogP contribution in [0.4, 0.5) is 0 Å². The number of carbonyl (C=O) groups excluding carboxylic acids is 1. The van der Waals surface area contributed by atoms with E-state index in [4.69, 9.17) is 19.3 Å². The zero-order valence-electron chi connectivity index (χ0n) is 19.5. The van der Waals surface area contributed by atoms with Crippen LogP contribution in [0.2, 0.25) is 0 Å². The molecular formula is C24H32Br2O5S3. The first kappa shape index (κ1) is 31.6. The Morgan fingerprint density at radius 1 is 0.853 bits per heavy atom. The van der Waals surface area contributed by atoms with E-state index in [1.54, 1.807) is 22.7 Å². The fourth-order valence-corrected chi connectivity index (χ4v) is 5.85. The van der Waals surface area contributed by atoms with Gasteiger partial charge in [0.05, 0.1) is 32.3 Å². The van der Waals surface area contributed by atoms with Gasteiger partial charge in [-0.3, -0.25) is 4.79 Å². The lowest BCUT2D eigenvalue weighted by Gasteiger charge is -1.94. The third-order valence-corrected chi connectivity index (χ3v) is 8.13. The van der Waals surface area contributed by atoms with Crippen LogP contribution in [0.3, 0.4) is 0 Å². The van der Waals surface area contributed by atoms with E-state index in [0.29, 0.717) is 13.2 Å². The van der Waals surface area contributed by atoms with Crippen LogP contribution < -0.4 is 0 Å². The molecule has 3 aromatic rings. The highest BCUT2D eigenvalue weighted by molar-refractivity contribution is 9.11. The van der Waals surface area contributed by atoms with Crippen molar-refractivity contribution in [3.05, 3.63) is 63.5 Å². The standard InChI is InChI=1S/C8H10O2S.C7H9BrOS.C5H5BrOS.C4H8O/c1-2-10-6-8-4-3-7(5-9)11-8;1-2-9-5-6-3-4-7(8)10-6;6-5-2-1-4(3-7)8-5;1-2-4-5-3-1/h3-5H,2,6H2,1H3;3-4H,2,5H2,1H3;1-2,7H,3H2;1-4H2. The molecule has 0 atom stereocenters. The summed E-state index contributed by atoms with van der Waals surface area (Å²) in [5, 5.41) is 8.54. The van der Waals surface area contributed by atoms with E-state index in [-0.39, 0.29) is 6.61 Å². The zero-order valence-corrected chi connectivity index (χ0v) is 25.1. The molecule has 34 heavy (non-hydrogen) atoms. The number of rotatable bonds is 8. The van der Waals surface area contributed by atoms with Crippen molar-refractivity contribution in [3.63, 3.8) is 0 Å². The van der Waals surface area contributed by atoms with Gasteiger partial charge >= 0.3 is 0 Å². The highest BCUT2D eigenvalue weighted by Crippen LogP contribution is 2.22. The first-order valence-corrected chi connectivity index (χ1v) is 14.9. The Hall–Kier alpha value is -0.430. The lowest BCUT2D eigenvalue weighted by molar-refractivity contribution is 0.112. The third-order valence-electron chi connectivity index (χ3n) is 3.94. The Morgan fingerprint density at radius 2 is 1.35 bits per heavy atom. The fraction of sp³-hybridized carbons (Fsp3) is 0.458. The van der Waals surface area contributed by atoms with Crippen molar-refractivity contribution in [1.29, 1.82) is 0 Å². The molecule has 0 aromatic carbocycles. The molecular weight excluding hydrogens is 624 g/mol. The lowest BCUT2D eigenvalue weighted by atomic mass is 10.4. The SMILES string of the molecule is C1CCOC1.CCOCc1ccc(Br)s1.CCOCc1ccc(C=O)s1.OCc1ccc(Br)s1. The maximum absolute atomic E-state index is 10.3. The molecule has 1 N–H and O–H groups in total. The molecule has 1 aliphatic heterocycles. The molecule has 0 bridgehead atoms. The van der Waals surface area contributed by atoms with E-state index in [9.17, 15) is 4.79 Å². The van der Waals surface area contributed by atoms with Gasteiger partial charge < -0.3 is 19.3 Å². The van der Waals surface area contributed by atoms with E-state index in [0.717, 1.165) is 51.1 Å². The summed E-state index contributed by atoms with van der Waals surface area (Å²) >= 11 is 11.4. The van der Waals surface area contributed by atoms with Gasteiger partial charge in [0.15, 0.2) is 6.29 Å². The first-order valence-electron chi connectivity index (χ1n) is 10.9. The second-order valence-electron chi connectivity index (χ2n) is 6.59. The van der Waals surface area contributed by atoms with Gasteiger partial charge in [0.2, 0.25) is 0 Å². The van der Waals surface area contributed by atoms with Crippen LogP contribution in [0.1, 0.15) is 51.0 Å². The van der Waals surface area contributed by atoms with Crippen molar-refractivity contribution in [3.8, 4) is 0 Å². The zero-order chi connectivity index (χ0) is 25.0. The van der Waals surface area contributed by atoms with Crippen molar-refractivity contribution in [2.45, 2.75) is 46.5 Å². The number of hydrogen-bond donors (Lipinski definition) is 1. The molecule has 1 fully saturated rings. The summed E-state index contributed by atoms with van der Waals surface area (Å²) in [6, 6.07) is 11.7. The van der Waals surface area contributed by atoms with Crippen molar-refractivity contribution in [2.75, 3.05) is 26.4 Å². The molecule has 1 aliphatic rings. The van der Waals surface area contributed by atoms with E-state index in [2.05, 4.69) is 37.9 Å². The smallest absolute Gasteiger partial charge is 0.160 e. The Labute approximate surface area is 231 Å². The fourth-order valence-electron chi connectivity index (χ4n) is 2.32. The summed E-state index contributed by atoms with van der Waals surface area (Å²) in [6.07, 6.45) is 3.42. The Kier molecular flexibility index (Phi) is 19.3. The molecule has 0 radical (unpaired) electrons. The van der Waals surface area contributed by atoms with Crippen molar-refractivity contribution in [2.24, 2.45) is 0 Å². The van der Waals surface area contributed by atoms with Crippen LogP contribution in [0.15, 0.2) is 44.0 Å². The molecule has 3 aromatic heterocycles. The van der Waals surface area contributed by atoms with Crippen LogP contribution >= 0.6 is 65.9 Å². The molecule has 0 spiro atoms. The van der Waals surface area contributed by atoms with Gasteiger partial charge in [0, 0.05) is 41.1 Å². The van der Waals surface area contributed by atoms with Gasteiger partial charge in [0.1, 0.15) is 0 Å². The average molecular weight is 657 g/mol. The highest BCUT2D eigenvalue weighted by Gasteiger charge is 1.98. The summed E-state index contributed by atoms with van der Waals surface area (Å²) in [7, 11) is 0. The molecule has 4 rings (SSSR count). The van der Waals surface area contributed by atoms with Crippen LogP contribution in [-0.4, -0.2) is 37.8 Å². The van der Waals surface area contributed by atoms with E-state index >= 15 is 0 Å². The number of aliphatic hydroxyl groups excluding tert-OH is 1. The van der Waals surface area contributed by atoms with Crippen molar-refractivity contribution >= 4 is 72.2 Å². The summed E-state index contributed by atoms with van der Waals surface area (Å²) in [5.41, 5.74) is 0. The molecule has 4 heterocycles. The number of aliphatic hydroxyl groups is 1. The molecule has 0 amide bonds. The molecule has 0 saturated carbocycles. The number of aldehydes is 1. The van der Waals surface area contributed by atoms with Crippen LogP contribution in [0, 0.1) is 0 Å². The van der Waals surface area contributed by atoms with Gasteiger partial charge in [-0.15, -0.1) is 34.0 Å². The predicted molar refractivity (Wildman–Crippen MR) is 150 cm³/mol. The largest absolute Gasteiger partial charge is 0.391 e. The number of halogens is 2. The Bertz CT molecular complexity index is 883. The monoisotopic (exact) mass is 654 g/mol. The van der Waals surface area contributed by atoms with Gasteiger partial charge in [-0.05, 0) is 94.9 Å². The lowest BCUT2D eigenvalue weighted by Crippen LogP contribution is -1.87. The maximum Gasteiger partial charge on any atom is 0.160 e. The summed E-state index contributed by atoms with van der Waals surface area (Å²) < 4.78 is 17.6. The molecule has 0 aliphatic carbocycles. The molecule has 10 heteroatoms. The van der Waals surface area contributed by atoms with Crippen LogP contribution in [0.5, 0.6) is 0 Å². The number of ether oxygens (including phenoxy) is 3. The van der Waals surface area contributed by atoms with Crippen LogP contribution in [-0.2, 0) is 34.0 Å². The Balaban J connectivity index is 0.000000234. The second-order valence-corrected chi connectivity index (χ2v) is 12.9. The summed E-state index contributed by atoms with van der Waals surface area (Å²) in [6.45, 7) is 8.97. The van der Waals surface area contributed by atoms with Crippen molar-refractivity contribution in [1.82, 2.24) is 0 Å². The minimum absolute atomic E-state index is 0.149. The number of thiophene rings is 3.